The summed E-state index contributed by atoms with van der Waals surface area (Å²) in [6.07, 6.45) is -1.77. The Morgan fingerprint density at radius 2 is 2.07 bits per heavy atom. The molecule has 0 fully saturated rings. The summed E-state index contributed by atoms with van der Waals surface area (Å²) in [5, 5.41) is 15.9. The third-order valence-corrected chi connectivity index (χ3v) is 4.45. The van der Waals surface area contributed by atoms with Gasteiger partial charge < -0.3 is 9.73 Å². The van der Waals surface area contributed by atoms with Gasteiger partial charge >= 0.3 is 6.18 Å². The van der Waals surface area contributed by atoms with Crippen LogP contribution in [0.4, 0.5) is 19.2 Å². The third kappa shape index (κ3) is 3.65. The Bertz CT molecular complexity index is 1280. The van der Waals surface area contributed by atoms with Gasteiger partial charge in [-0.2, -0.15) is 33.2 Å². The van der Waals surface area contributed by atoms with E-state index in [1.165, 1.54) is 17.2 Å². The van der Waals surface area contributed by atoms with Gasteiger partial charge in [0.25, 0.3) is 6.01 Å². The topological polar surface area (TPSA) is 105 Å². The summed E-state index contributed by atoms with van der Waals surface area (Å²) < 4.78 is 45.9. The van der Waals surface area contributed by atoms with Crippen molar-refractivity contribution in [2.45, 2.75) is 19.1 Å². The van der Waals surface area contributed by atoms with Crippen molar-refractivity contribution in [1.29, 1.82) is 5.26 Å². The van der Waals surface area contributed by atoms with E-state index in [0.29, 0.717) is 17.2 Å². The first kappa shape index (κ1) is 19.7. The Kier molecular flexibility index (Phi) is 4.79. The molecule has 1 atom stereocenters. The molecule has 3 heterocycles. The second-order valence-corrected chi connectivity index (χ2v) is 6.64. The Morgan fingerprint density at radius 3 is 2.80 bits per heavy atom. The summed E-state index contributed by atoms with van der Waals surface area (Å²) in [5.41, 5.74) is -0.522. The standard InChI is InChI=1S/C18H11ClF3N7O/c1-9(16-25-8-26-29(16)14-4-10(7-23)2-3-24-14)27-17-28-13-6-11(18(20,21)22)5-12(19)15(13)30-17/h2-6,8-9H,1H3,(H,27,28)/t9-/m0/s1. The number of hydrogen-bond acceptors (Lipinski definition) is 7. The van der Waals surface area contributed by atoms with E-state index in [9.17, 15) is 13.2 Å². The highest BCUT2D eigenvalue weighted by molar-refractivity contribution is 6.34. The Labute approximate surface area is 171 Å². The molecule has 12 heteroatoms. The highest BCUT2D eigenvalue weighted by Crippen LogP contribution is 2.36. The first-order chi connectivity index (χ1) is 14.3. The van der Waals surface area contributed by atoms with Gasteiger partial charge in [0.05, 0.1) is 28.3 Å². The molecule has 4 aromatic rings. The number of alkyl halides is 3. The summed E-state index contributed by atoms with van der Waals surface area (Å²) in [6, 6.07) is 6.21. The highest BCUT2D eigenvalue weighted by atomic mass is 35.5. The zero-order valence-electron chi connectivity index (χ0n) is 15.1. The van der Waals surface area contributed by atoms with Crippen LogP contribution in [-0.4, -0.2) is 24.7 Å². The van der Waals surface area contributed by atoms with Crippen LogP contribution in [-0.2, 0) is 6.18 Å². The van der Waals surface area contributed by atoms with Crippen molar-refractivity contribution < 1.29 is 17.6 Å². The van der Waals surface area contributed by atoms with Crippen molar-refractivity contribution in [3.63, 3.8) is 0 Å². The normalized spacial score (nSPS) is 12.7. The highest BCUT2D eigenvalue weighted by Gasteiger charge is 2.32. The Morgan fingerprint density at radius 1 is 1.27 bits per heavy atom. The fourth-order valence-corrected chi connectivity index (χ4v) is 3.05. The van der Waals surface area contributed by atoms with E-state index in [1.807, 2.05) is 6.07 Å². The molecule has 0 saturated carbocycles. The van der Waals surface area contributed by atoms with Crippen molar-refractivity contribution >= 4 is 28.7 Å². The number of nitrogens with one attached hydrogen (secondary N) is 1. The molecule has 1 aromatic carbocycles. The molecular formula is C18H11ClF3N7O. The van der Waals surface area contributed by atoms with Crippen LogP contribution in [0.2, 0.25) is 5.02 Å². The number of fused-ring (bicyclic) bond motifs is 1. The molecule has 3 aromatic heterocycles. The molecule has 0 unspecified atom stereocenters. The minimum Gasteiger partial charge on any atom is -0.422 e. The van der Waals surface area contributed by atoms with E-state index in [1.54, 1.807) is 19.1 Å². The molecule has 1 N–H and O–H groups in total. The van der Waals surface area contributed by atoms with E-state index in [2.05, 4.69) is 25.4 Å². The second kappa shape index (κ2) is 7.31. The fraction of sp³-hybridized carbons (Fsp3) is 0.167. The molecule has 0 aliphatic rings. The zero-order valence-corrected chi connectivity index (χ0v) is 15.9. The summed E-state index contributed by atoms with van der Waals surface area (Å²) in [4.78, 5) is 12.4. The number of nitrogens with zero attached hydrogens (tertiary/aromatic N) is 6. The average Bonchev–Trinajstić information content (AvgIpc) is 3.34. The smallest absolute Gasteiger partial charge is 0.416 e. The molecule has 0 amide bonds. The first-order valence-electron chi connectivity index (χ1n) is 8.46. The number of halogens is 4. The maximum Gasteiger partial charge on any atom is 0.416 e. The molecule has 0 radical (unpaired) electrons. The number of pyridine rings is 1. The maximum absolute atomic E-state index is 13.0. The van der Waals surface area contributed by atoms with E-state index in [0.717, 1.165) is 12.1 Å². The van der Waals surface area contributed by atoms with Crippen LogP contribution < -0.4 is 5.32 Å². The van der Waals surface area contributed by atoms with Gasteiger partial charge in [-0.05, 0) is 25.1 Å². The van der Waals surface area contributed by atoms with Gasteiger partial charge in [-0.15, -0.1) is 0 Å². The van der Waals surface area contributed by atoms with Gasteiger partial charge in [-0.25, -0.2) is 9.97 Å². The van der Waals surface area contributed by atoms with Gasteiger partial charge in [-0.1, -0.05) is 11.6 Å². The molecule has 0 spiro atoms. The third-order valence-electron chi connectivity index (χ3n) is 4.17. The number of anilines is 1. The van der Waals surface area contributed by atoms with Crippen LogP contribution in [0.25, 0.3) is 16.9 Å². The van der Waals surface area contributed by atoms with Crippen LogP contribution in [0.15, 0.2) is 41.2 Å². The van der Waals surface area contributed by atoms with Crippen LogP contribution in [0.3, 0.4) is 0 Å². The molecule has 152 valence electrons. The van der Waals surface area contributed by atoms with Crippen molar-refractivity contribution in [3.8, 4) is 11.9 Å². The molecule has 8 nitrogen and oxygen atoms in total. The number of rotatable bonds is 4. The molecular weight excluding hydrogens is 423 g/mol. The number of benzene rings is 1. The SMILES string of the molecule is C[C@H](Nc1nc2cc(C(F)(F)F)cc(Cl)c2o1)c1ncnn1-c1cc(C#N)ccn1. The zero-order chi connectivity index (χ0) is 21.5. The quantitative estimate of drug-likeness (QED) is 0.504. The minimum absolute atomic E-state index is 0.0317. The van der Waals surface area contributed by atoms with Crippen LogP contribution in [0.1, 0.15) is 29.9 Å². The monoisotopic (exact) mass is 433 g/mol. The van der Waals surface area contributed by atoms with Crippen molar-refractivity contribution in [2.24, 2.45) is 0 Å². The van der Waals surface area contributed by atoms with Crippen molar-refractivity contribution in [3.05, 3.63) is 58.8 Å². The molecule has 0 aliphatic carbocycles. The molecule has 30 heavy (non-hydrogen) atoms. The lowest BCUT2D eigenvalue weighted by Crippen LogP contribution is -2.14. The molecule has 4 rings (SSSR count). The second-order valence-electron chi connectivity index (χ2n) is 6.23. The van der Waals surface area contributed by atoms with Gasteiger partial charge in [0, 0.05) is 12.3 Å². The summed E-state index contributed by atoms with van der Waals surface area (Å²) in [5.74, 6) is 0.799. The minimum atomic E-state index is -4.56. The predicted octanol–water partition coefficient (Wildman–Crippen LogP) is 4.52. The Balaban J connectivity index is 1.64. The van der Waals surface area contributed by atoms with E-state index < -0.39 is 17.8 Å². The maximum atomic E-state index is 13.0. The molecule has 0 bridgehead atoms. The molecule has 0 aliphatic heterocycles. The lowest BCUT2D eigenvalue weighted by atomic mass is 10.2. The van der Waals surface area contributed by atoms with Gasteiger partial charge in [0.15, 0.2) is 17.2 Å². The van der Waals surface area contributed by atoms with Gasteiger partial charge in [0.2, 0.25) is 0 Å². The number of oxazole rings is 1. The van der Waals surface area contributed by atoms with E-state index in [-0.39, 0.29) is 22.1 Å². The van der Waals surface area contributed by atoms with E-state index in [4.69, 9.17) is 21.3 Å². The largest absolute Gasteiger partial charge is 0.422 e. The first-order valence-corrected chi connectivity index (χ1v) is 8.84. The van der Waals surface area contributed by atoms with Crippen molar-refractivity contribution in [2.75, 3.05) is 5.32 Å². The van der Waals surface area contributed by atoms with E-state index >= 15 is 0 Å². The predicted molar refractivity (Wildman–Crippen MR) is 99.9 cm³/mol. The van der Waals surface area contributed by atoms with Crippen molar-refractivity contribution in [1.82, 2.24) is 24.7 Å². The lowest BCUT2D eigenvalue weighted by Gasteiger charge is -2.12. The number of hydrogen-bond donors (Lipinski definition) is 1. The summed E-state index contributed by atoms with van der Waals surface area (Å²) in [6.45, 7) is 1.73. The van der Waals surface area contributed by atoms with Crippen LogP contribution in [0.5, 0.6) is 0 Å². The van der Waals surface area contributed by atoms with Crippen LogP contribution >= 0.6 is 11.6 Å². The average molecular weight is 434 g/mol. The van der Waals surface area contributed by atoms with Crippen LogP contribution in [0, 0.1) is 11.3 Å². The molecule has 0 saturated heterocycles. The van der Waals surface area contributed by atoms with Gasteiger partial charge in [0.1, 0.15) is 11.8 Å². The Hall–Kier alpha value is -3.65. The van der Waals surface area contributed by atoms with Gasteiger partial charge in [-0.3, -0.25) is 0 Å². The number of aromatic nitrogens is 5. The fourth-order valence-electron chi connectivity index (χ4n) is 2.79. The summed E-state index contributed by atoms with van der Waals surface area (Å²) >= 11 is 5.93. The lowest BCUT2D eigenvalue weighted by molar-refractivity contribution is -0.137. The number of nitriles is 1. The summed E-state index contributed by atoms with van der Waals surface area (Å²) in [7, 11) is 0.